The van der Waals surface area contributed by atoms with Gasteiger partial charge >= 0.3 is 0 Å². The van der Waals surface area contributed by atoms with Crippen LogP contribution in [-0.2, 0) is 12.4 Å². The van der Waals surface area contributed by atoms with Gasteiger partial charge in [0.15, 0.2) is 5.13 Å². The monoisotopic (exact) mass is 277 g/mol. The molecule has 0 bridgehead atoms. The first-order valence-corrected chi connectivity index (χ1v) is 6.85. The highest BCUT2D eigenvalue weighted by Gasteiger charge is 2.07. The maximum absolute atomic E-state index is 8.86. The van der Waals surface area contributed by atoms with Gasteiger partial charge in [-0.15, -0.1) is 22.9 Å². The third kappa shape index (κ3) is 3.00. The predicted molar refractivity (Wildman–Crippen MR) is 74.9 cm³/mol. The second-order valence-corrected chi connectivity index (χ2v) is 5.03. The summed E-state index contributed by atoms with van der Waals surface area (Å²) in [4.78, 5) is 6.47. The molecule has 2 aromatic rings. The highest BCUT2D eigenvalue weighted by atomic mass is 35.5. The first kappa shape index (κ1) is 12.9. The summed E-state index contributed by atoms with van der Waals surface area (Å²) in [7, 11) is 1.98. The van der Waals surface area contributed by atoms with E-state index in [-0.39, 0.29) is 0 Å². The Labute approximate surface area is 115 Å². The molecule has 5 heteroatoms. The number of benzene rings is 1. The molecular formula is C13H12ClN3S. The topological polar surface area (TPSA) is 39.9 Å². The molecule has 0 amide bonds. The van der Waals surface area contributed by atoms with Crippen molar-refractivity contribution < 1.29 is 0 Å². The minimum Gasteiger partial charge on any atom is -0.347 e. The second-order valence-electron chi connectivity index (χ2n) is 3.92. The molecule has 0 saturated heterocycles. The van der Waals surface area contributed by atoms with E-state index >= 15 is 0 Å². The third-order valence-electron chi connectivity index (χ3n) is 2.48. The van der Waals surface area contributed by atoms with Crippen molar-refractivity contribution in [2.45, 2.75) is 12.4 Å². The van der Waals surface area contributed by atoms with Gasteiger partial charge in [-0.1, -0.05) is 12.1 Å². The van der Waals surface area contributed by atoms with Crippen LogP contribution >= 0.6 is 22.9 Å². The van der Waals surface area contributed by atoms with Gasteiger partial charge in [0.2, 0.25) is 0 Å². The normalized spacial score (nSPS) is 10.1. The van der Waals surface area contributed by atoms with E-state index in [4.69, 9.17) is 16.9 Å². The zero-order valence-corrected chi connectivity index (χ0v) is 11.5. The Bertz CT molecular complexity index is 574. The van der Waals surface area contributed by atoms with Crippen molar-refractivity contribution >= 4 is 28.1 Å². The summed E-state index contributed by atoms with van der Waals surface area (Å²) in [6.45, 7) is 0.727. The van der Waals surface area contributed by atoms with Crippen LogP contribution in [0.25, 0.3) is 0 Å². The molecular weight excluding hydrogens is 266 g/mol. The second kappa shape index (κ2) is 5.85. The van der Waals surface area contributed by atoms with E-state index in [1.165, 1.54) is 0 Å². The quantitative estimate of drug-likeness (QED) is 0.804. The van der Waals surface area contributed by atoms with Gasteiger partial charge in [-0.25, -0.2) is 4.98 Å². The Morgan fingerprint density at radius 1 is 1.50 bits per heavy atom. The van der Waals surface area contributed by atoms with Crippen molar-refractivity contribution in [1.29, 1.82) is 5.26 Å². The van der Waals surface area contributed by atoms with E-state index in [1.807, 2.05) is 30.6 Å². The predicted octanol–water partition coefficient (Wildman–Crippen LogP) is 3.39. The van der Waals surface area contributed by atoms with Crippen molar-refractivity contribution in [2.24, 2.45) is 0 Å². The molecule has 0 aliphatic rings. The molecule has 0 aliphatic heterocycles. The molecule has 2 rings (SSSR count). The van der Waals surface area contributed by atoms with Crippen molar-refractivity contribution in [3.63, 3.8) is 0 Å². The molecule has 1 aromatic carbocycles. The van der Waals surface area contributed by atoms with Gasteiger partial charge in [0, 0.05) is 19.0 Å². The van der Waals surface area contributed by atoms with Crippen LogP contribution < -0.4 is 4.90 Å². The maximum Gasteiger partial charge on any atom is 0.185 e. The van der Waals surface area contributed by atoms with Crippen LogP contribution in [0.5, 0.6) is 0 Å². The smallest absolute Gasteiger partial charge is 0.185 e. The number of thiazole rings is 1. The summed E-state index contributed by atoms with van der Waals surface area (Å²) < 4.78 is 0. The summed E-state index contributed by atoms with van der Waals surface area (Å²) in [6, 6.07) is 9.75. The van der Waals surface area contributed by atoms with Gasteiger partial charge in [-0.3, -0.25) is 0 Å². The Kier molecular flexibility index (Phi) is 4.19. The molecule has 0 unspecified atom stereocenters. The number of rotatable bonds is 4. The van der Waals surface area contributed by atoms with Gasteiger partial charge in [0.05, 0.1) is 23.2 Å². The minimum atomic E-state index is 0.439. The van der Waals surface area contributed by atoms with Gasteiger partial charge in [-0.05, 0) is 17.7 Å². The van der Waals surface area contributed by atoms with Crippen LogP contribution in [0.2, 0.25) is 0 Å². The number of halogens is 1. The van der Waals surface area contributed by atoms with E-state index < -0.39 is 0 Å². The molecule has 0 N–H and O–H groups in total. The molecule has 0 saturated carbocycles. The van der Waals surface area contributed by atoms with E-state index in [2.05, 4.69) is 16.0 Å². The summed E-state index contributed by atoms with van der Waals surface area (Å²) in [6.07, 6.45) is 0. The number of aromatic nitrogens is 1. The zero-order chi connectivity index (χ0) is 13.0. The van der Waals surface area contributed by atoms with E-state index in [1.54, 1.807) is 17.4 Å². The Morgan fingerprint density at radius 2 is 2.33 bits per heavy atom. The Morgan fingerprint density at radius 3 is 3.00 bits per heavy atom. The molecule has 1 heterocycles. The molecule has 3 nitrogen and oxygen atoms in total. The fourth-order valence-corrected chi connectivity index (χ4v) is 2.63. The van der Waals surface area contributed by atoms with Crippen molar-refractivity contribution in [1.82, 2.24) is 4.98 Å². The van der Waals surface area contributed by atoms with Crippen LogP contribution in [-0.4, -0.2) is 12.0 Å². The van der Waals surface area contributed by atoms with Crippen LogP contribution in [0.1, 0.15) is 16.8 Å². The van der Waals surface area contributed by atoms with E-state index in [9.17, 15) is 0 Å². The van der Waals surface area contributed by atoms with E-state index in [0.29, 0.717) is 11.4 Å². The molecule has 0 atom stereocenters. The maximum atomic E-state index is 8.86. The molecule has 0 fully saturated rings. The first-order valence-electron chi connectivity index (χ1n) is 5.43. The average molecular weight is 278 g/mol. The van der Waals surface area contributed by atoms with Crippen LogP contribution in [0.3, 0.4) is 0 Å². The fraction of sp³-hybridized carbons (Fsp3) is 0.231. The van der Waals surface area contributed by atoms with Crippen LogP contribution in [0.4, 0.5) is 5.13 Å². The summed E-state index contributed by atoms with van der Waals surface area (Å²) >= 11 is 7.31. The molecule has 1 aromatic heterocycles. The number of hydrogen-bond acceptors (Lipinski definition) is 4. The summed E-state index contributed by atoms with van der Waals surface area (Å²) in [5, 5.41) is 11.8. The number of hydrogen-bond donors (Lipinski definition) is 0. The van der Waals surface area contributed by atoms with Crippen LogP contribution in [0, 0.1) is 11.3 Å². The van der Waals surface area contributed by atoms with Crippen molar-refractivity contribution in [3.8, 4) is 6.07 Å². The van der Waals surface area contributed by atoms with Crippen LogP contribution in [0.15, 0.2) is 29.6 Å². The van der Waals surface area contributed by atoms with Gasteiger partial charge in [-0.2, -0.15) is 5.26 Å². The lowest BCUT2D eigenvalue weighted by Crippen LogP contribution is -2.16. The molecule has 0 spiro atoms. The molecule has 18 heavy (non-hydrogen) atoms. The van der Waals surface area contributed by atoms with Gasteiger partial charge in [0.1, 0.15) is 0 Å². The molecule has 92 valence electrons. The Hall–Kier alpha value is -1.57. The lowest BCUT2D eigenvalue weighted by molar-refractivity contribution is 0.909. The number of anilines is 1. The lowest BCUT2D eigenvalue weighted by atomic mass is 10.1. The lowest BCUT2D eigenvalue weighted by Gasteiger charge is -2.15. The number of nitriles is 1. The molecule has 0 aliphatic carbocycles. The average Bonchev–Trinajstić information content (AvgIpc) is 2.88. The Balaban J connectivity index is 2.11. The largest absolute Gasteiger partial charge is 0.347 e. The third-order valence-corrected chi connectivity index (χ3v) is 3.76. The van der Waals surface area contributed by atoms with Crippen molar-refractivity contribution in [3.05, 3.63) is 46.5 Å². The van der Waals surface area contributed by atoms with Gasteiger partial charge in [0.25, 0.3) is 0 Å². The highest BCUT2D eigenvalue weighted by Crippen LogP contribution is 2.22. The number of nitrogens with zero attached hydrogens (tertiary/aromatic N) is 3. The summed E-state index contributed by atoms with van der Waals surface area (Å²) in [5.41, 5.74) is 2.68. The number of alkyl halides is 1. The summed E-state index contributed by atoms with van der Waals surface area (Å²) in [5.74, 6) is 0.439. The zero-order valence-electron chi connectivity index (χ0n) is 9.93. The SMILES string of the molecule is CN(Cc1cccc(C#N)c1)c1nc(CCl)cs1. The fourth-order valence-electron chi connectivity index (χ4n) is 1.61. The van der Waals surface area contributed by atoms with Crippen molar-refractivity contribution in [2.75, 3.05) is 11.9 Å². The molecule has 0 radical (unpaired) electrons. The van der Waals surface area contributed by atoms with Gasteiger partial charge < -0.3 is 4.90 Å². The van der Waals surface area contributed by atoms with E-state index in [0.717, 1.165) is 22.9 Å². The highest BCUT2D eigenvalue weighted by molar-refractivity contribution is 7.13. The standard InChI is InChI=1S/C13H12ClN3S/c1-17(13-16-12(6-14)9-18-13)8-11-4-2-3-10(5-11)7-15/h2-5,9H,6,8H2,1H3. The minimum absolute atomic E-state index is 0.439. The first-order chi connectivity index (χ1) is 8.72.